The van der Waals surface area contributed by atoms with Gasteiger partial charge in [-0.05, 0) is 30.5 Å². The van der Waals surface area contributed by atoms with Crippen molar-refractivity contribution in [1.29, 1.82) is 0 Å². The zero-order valence-corrected chi connectivity index (χ0v) is 10.3. The quantitative estimate of drug-likeness (QED) is 0.905. The van der Waals surface area contributed by atoms with Crippen molar-refractivity contribution in [1.82, 2.24) is 4.90 Å². The van der Waals surface area contributed by atoms with Gasteiger partial charge in [0.15, 0.2) is 0 Å². The predicted octanol–water partition coefficient (Wildman–Crippen LogP) is 1.86. The summed E-state index contributed by atoms with van der Waals surface area (Å²) < 4.78 is 13.3. The van der Waals surface area contributed by atoms with Gasteiger partial charge in [0, 0.05) is 24.9 Å². The van der Waals surface area contributed by atoms with Gasteiger partial charge in [-0.3, -0.25) is 4.79 Å². The average Bonchev–Trinajstić information content (AvgIpc) is 3.12. The zero-order valence-electron chi connectivity index (χ0n) is 10.3. The molecule has 1 aromatic rings. The van der Waals surface area contributed by atoms with E-state index in [2.05, 4.69) is 0 Å². The summed E-state index contributed by atoms with van der Waals surface area (Å²) in [5.41, 5.74) is 0.489. The van der Waals surface area contributed by atoms with Crippen LogP contribution in [0.4, 0.5) is 4.39 Å². The number of nitrogens with zero attached hydrogens (tertiary/aromatic N) is 1. The zero-order chi connectivity index (χ0) is 13.6. The number of aromatic carboxylic acids is 1. The number of amides is 1. The van der Waals surface area contributed by atoms with Crippen LogP contribution >= 0.6 is 0 Å². The molecule has 2 aliphatic rings. The number of hydrogen-bond donors (Lipinski definition) is 1. The van der Waals surface area contributed by atoms with Gasteiger partial charge in [0.05, 0.1) is 5.56 Å². The summed E-state index contributed by atoms with van der Waals surface area (Å²) in [5.74, 6) is -1.44. The number of hydrogen-bond acceptors (Lipinski definition) is 2. The first-order valence-corrected chi connectivity index (χ1v) is 6.38. The molecule has 0 spiro atoms. The number of carbonyl (C=O) groups excluding carboxylic acids is 1. The number of benzene rings is 1. The molecular weight excluding hydrogens is 249 g/mol. The molecule has 0 bridgehead atoms. The Morgan fingerprint density at radius 3 is 2.53 bits per heavy atom. The molecule has 3 rings (SSSR count). The Morgan fingerprint density at radius 1 is 1.26 bits per heavy atom. The van der Waals surface area contributed by atoms with Crippen molar-refractivity contribution in [2.75, 3.05) is 13.1 Å². The molecule has 1 amide bonds. The summed E-state index contributed by atoms with van der Waals surface area (Å²) in [5, 5.41) is 8.88. The molecule has 1 N–H and O–H groups in total. The van der Waals surface area contributed by atoms with Crippen LogP contribution in [0.2, 0.25) is 0 Å². The molecule has 1 saturated heterocycles. The van der Waals surface area contributed by atoms with Crippen LogP contribution in [-0.4, -0.2) is 35.0 Å². The molecule has 100 valence electrons. The summed E-state index contributed by atoms with van der Waals surface area (Å²) in [6.45, 7) is 1.22. The minimum Gasteiger partial charge on any atom is -0.478 e. The Hall–Kier alpha value is -1.91. The van der Waals surface area contributed by atoms with Crippen LogP contribution in [0.1, 0.15) is 34.7 Å². The monoisotopic (exact) mass is 263 g/mol. The molecule has 1 aromatic carbocycles. The molecule has 1 aliphatic heterocycles. The van der Waals surface area contributed by atoms with Gasteiger partial charge in [-0.15, -0.1) is 0 Å². The van der Waals surface area contributed by atoms with Crippen molar-refractivity contribution in [2.24, 2.45) is 5.92 Å². The van der Waals surface area contributed by atoms with Crippen LogP contribution in [0.25, 0.3) is 0 Å². The van der Waals surface area contributed by atoms with E-state index in [1.165, 1.54) is 12.1 Å². The molecule has 1 heterocycles. The first-order valence-electron chi connectivity index (χ1n) is 6.38. The van der Waals surface area contributed by atoms with Crippen molar-refractivity contribution >= 4 is 11.9 Å². The highest BCUT2D eigenvalue weighted by Crippen LogP contribution is 2.36. The minimum absolute atomic E-state index is 0.126. The fourth-order valence-corrected chi connectivity index (χ4v) is 2.42. The van der Waals surface area contributed by atoms with Crippen LogP contribution in [0.3, 0.4) is 0 Å². The summed E-state index contributed by atoms with van der Waals surface area (Å²) >= 11 is 0. The topological polar surface area (TPSA) is 57.6 Å². The molecule has 0 atom stereocenters. The first-order chi connectivity index (χ1) is 9.06. The van der Waals surface area contributed by atoms with Gasteiger partial charge < -0.3 is 10.0 Å². The molecule has 5 heteroatoms. The summed E-state index contributed by atoms with van der Waals surface area (Å²) in [6.07, 6.45) is 1.97. The third kappa shape index (κ3) is 2.20. The maximum absolute atomic E-state index is 13.3. The van der Waals surface area contributed by atoms with E-state index < -0.39 is 11.8 Å². The van der Waals surface area contributed by atoms with Crippen LogP contribution in [-0.2, 0) is 4.79 Å². The summed E-state index contributed by atoms with van der Waals surface area (Å²) in [4.78, 5) is 24.4. The smallest absolute Gasteiger partial charge is 0.338 e. The Bertz CT molecular complexity index is 548. The van der Waals surface area contributed by atoms with E-state index in [9.17, 15) is 14.0 Å². The molecule has 19 heavy (non-hydrogen) atoms. The lowest BCUT2D eigenvalue weighted by Gasteiger charge is -2.40. The fourth-order valence-electron chi connectivity index (χ4n) is 2.42. The highest BCUT2D eigenvalue weighted by atomic mass is 19.1. The Kier molecular flexibility index (Phi) is 2.77. The number of likely N-dealkylation sites (tertiary alicyclic amines) is 1. The van der Waals surface area contributed by atoms with E-state index in [-0.39, 0.29) is 23.3 Å². The second-order valence-electron chi connectivity index (χ2n) is 5.26. The standard InChI is InChI=1S/C14H14FNO3/c15-12-4-3-9(5-11(12)14(18)19)10-6-16(7-10)13(17)8-1-2-8/h3-5,8,10H,1-2,6-7H2,(H,18,19). The number of carboxylic acids is 1. The predicted molar refractivity (Wildman–Crippen MR) is 65.4 cm³/mol. The van der Waals surface area contributed by atoms with Crippen LogP contribution < -0.4 is 0 Å². The Morgan fingerprint density at radius 2 is 1.95 bits per heavy atom. The molecule has 2 fully saturated rings. The van der Waals surface area contributed by atoms with E-state index in [4.69, 9.17) is 5.11 Å². The van der Waals surface area contributed by atoms with Gasteiger partial charge >= 0.3 is 5.97 Å². The van der Waals surface area contributed by atoms with E-state index in [0.29, 0.717) is 13.1 Å². The second-order valence-corrected chi connectivity index (χ2v) is 5.26. The molecule has 4 nitrogen and oxygen atoms in total. The van der Waals surface area contributed by atoms with Crippen molar-refractivity contribution in [3.63, 3.8) is 0 Å². The molecule has 0 unspecified atom stereocenters. The van der Waals surface area contributed by atoms with Crippen molar-refractivity contribution < 1.29 is 19.1 Å². The summed E-state index contributed by atoms with van der Waals surface area (Å²) in [7, 11) is 0. The van der Waals surface area contributed by atoms with Gasteiger partial charge in [0.2, 0.25) is 5.91 Å². The van der Waals surface area contributed by atoms with Gasteiger partial charge in [-0.2, -0.15) is 0 Å². The lowest BCUT2D eigenvalue weighted by Crippen LogP contribution is -2.49. The number of carboxylic acid groups (broad SMARTS) is 1. The second kappa shape index (κ2) is 4.33. The molecule has 0 aromatic heterocycles. The van der Waals surface area contributed by atoms with Gasteiger partial charge in [-0.25, -0.2) is 9.18 Å². The van der Waals surface area contributed by atoms with Gasteiger partial charge in [-0.1, -0.05) is 6.07 Å². The highest BCUT2D eigenvalue weighted by molar-refractivity contribution is 5.88. The van der Waals surface area contributed by atoms with Crippen molar-refractivity contribution in [3.8, 4) is 0 Å². The maximum atomic E-state index is 13.3. The Balaban J connectivity index is 1.69. The minimum atomic E-state index is -1.26. The third-order valence-corrected chi connectivity index (χ3v) is 3.81. The SMILES string of the molecule is O=C(O)c1cc(C2CN(C(=O)C3CC3)C2)ccc1F. The van der Waals surface area contributed by atoms with Crippen molar-refractivity contribution in [2.45, 2.75) is 18.8 Å². The van der Waals surface area contributed by atoms with Crippen LogP contribution in [0.5, 0.6) is 0 Å². The van der Waals surface area contributed by atoms with E-state index in [0.717, 1.165) is 18.4 Å². The lowest BCUT2D eigenvalue weighted by molar-refractivity contribution is -0.137. The van der Waals surface area contributed by atoms with E-state index in [1.54, 1.807) is 11.0 Å². The van der Waals surface area contributed by atoms with E-state index >= 15 is 0 Å². The number of carbonyl (C=O) groups is 2. The third-order valence-electron chi connectivity index (χ3n) is 3.81. The van der Waals surface area contributed by atoms with Gasteiger partial charge in [0.1, 0.15) is 5.82 Å². The number of halogens is 1. The van der Waals surface area contributed by atoms with Crippen LogP contribution in [0.15, 0.2) is 18.2 Å². The molecule has 1 aliphatic carbocycles. The Labute approximate surface area is 109 Å². The van der Waals surface area contributed by atoms with Crippen LogP contribution in [0, 0.1) is 11.7 Å². The maximum Gasteiger partial charge on any atom is 0.338 e. The summed E-state index contributed by atoms with van der Waals surface area (Å²) in [6, 6.07) is 4.16. The first kappa shape index (κ1) is 12.1. The largest absolute Gasteiger partial charge is 0.478 e. The highest BCUT2D eigenvalue weighted by Gasteiger charge is 2.39. The van der Waals surface area contributed by atoms with Gasteiger partial charge in [0.25, 0.3) is 0 Å². The molecular formula is C14H14FNO3. The lowest BCUT2D eigenvalue weighted by atomic mass is 9.90. The normalized spacial score (nSPS) is 19.1. The number of rotatable bonds is 3. The van der Waals surface area contributed by atoms with Crippen molar-refractivity contribution in [3.05, 3.63) is 35.1 Å². The molecule has 0 radical (unpaired) electrons. The molecule has 1 saturated carbocycles. The van der Waals surface area contributed by atoms with E-state index in [1.807, 2.05) is 0 Å². The fraction of sp³-hybridized carbons (Fsp3) is 0.429. The average molecular weight is 263 g/mol.